The van der Waals surface area contributed by atoms with Gasteiger partial charge in [-0.25, -0.2) is 4.98 Å². The van der Waals surface area contributed by atoms with Gasteiger partial charge in [-0.1, -0.05) is 97.9 Å². The number of aryl methyl sites for hydroxylation is 1. The number of nitrogens with zero attached hydrogens (tertiary/aromatic N) is 3. The van der Waals surface area contributed by atoms with Gasteiger partial charge in [0.05, 0.1) is 17.5 Å². The SMILES string of the molecule is O=C(Cc1ccccc1Cl)NCCCCCc1nc2ccccc2n1CC(=O)N(Cc1ccccc1)C1CCCCC1. The second kappa shape index (κ2) is 15.0. The Kier molecular flexibility index (Phi) is 10.7. The van der Waals surface area contributed by atoms with Gasteiger partial charge in [-0.3, -0.25) is 9.59 Å². The number of halogens is 1. The van der Waals surface area contributed by atoms with E-state index in [-0.39, 0.29) is 17.9 Å². The summed E-state index contributed by atoms with van der Waals surface area (Å²) in [5, 5.41) is 3.63. The molecule has 0 unspecified atom stereocenters. The summed E-state index contributed by atoms with van der Waals surface area (Å²) >= 11 is 6.18. The van der Waals surface area contributed by atoms with E-state index in [2.05, 4.69) is 33.0 Å². The van der Waals surface area contributed by atoms with Gasteiger partial charge in [0, 0.05) is 30.6 Å². The molecule has 0 bridgehead atoms. The standard InChI is InChI=1S/C35H41ClN4O2/c36-30-19-10-9-16-28(30)24-34(41)37-23-13-3-8-22-33-38-31-20-11-12-21-32(31)40(33)26-35(42)39(29-17-6-2-7-18-29)25-27-14-4-1-5-15-27/h1,4-5,9-12,14-16,19-21,29H,2-3,6-8,13,17-18,22-26H2,(H,37,41). The molecule has 5 rings (SSSR count). The molecule has 1 fully saturated rings. The number of benzene rings is 3. The molecule has 0 aliphatic heterocycles. The van der Waals surface area contributed by atoms with Crippen molar-refractivity contribution in [2.24, 2.45) is 0 Å². The van der Waals surface area contributed by atoms with Gasteiger partial charge in [0.1, 0.15) is 12.4 Å². The van der Waals surface area contributed by atoms with Crippen LogP contribution in [0.4, 0.5) is 0 Å². The monoisotopic (exact) mass is 584 g/mol. The Bertz CT molecular complexity index is 1460. The van der Waals surface area contributed by atoms with E-state index in [9.17, 15) is 9.59 Å². The number of amides is 2. The highest BCUT2D eigenvalue weighted by Gasteiger charge is 2.27. The van der Waals surface area contributed by atoms with Gasteiger partial charge in [0.15, 0.2) is 0 Å². The maximum absolute atomic E-state index is 14.0. The highest BCUT2D eigenvalue weighted by Crippen LogP contribution is 2.26. The molecule has 7 heteroatoms. The molecule has 3 aromatic carbocycles. The molecule has 42 heavy (non-hydrogen) atoms. The fraction of sp³-hybridized carbons (Fsp3) is 0.400. The lowest BCUT2D eigenvalue weighted by molar-refractivity contribution is -0.135. The number of fused-ring (bicyclic) bond motifs is 1. The van der Waals surface area contributed by atoms with E-state index < -0.39 is 0 Å². The lowest BCUT2D eigenvalue weighted by atomic mass is 9.93. The first-order valence-electron chi connectivity index (χ1n) is 15.4. The number of unbranched alkanes of at least 4 members (excludes halogenated alkanes) is 2. The number of carbonyl (C=O) groups is 2. The molecule has 0 atom stereocenters. The molecule has 1 N–H and O–H groups in total. The zero-order valence-electron chi connectivity index (χ0n) is 24.3. The Balaban J connectivity index is 1.19. The van der Waals surface area contributed by atoms with Crippen LogP contribution in [-0.2, 0) is 35.5 Å². The normalized spacial score (nSPS) is 13.7. The zero-order chi connectivity index (χ0) is 29.1. The molecular weight excluding hydrogens is 544 g/mol. The Hall–Kier alpha value is -3.64. The van der Waals surface area contributed by atoms with Crippen LogP contribution >= 0.6 is 11.6 Å². The molecule has 0 radical (unpaired) electrons. The zero-order valence-corrected chi connectivity index (χ0v) is 25.1. The van der Waals surface area contributed by atoms with Crippen molar-refractivity contribution in [1.82, 2.24) is 19.8 Å². The van der Waals surface area contributed by atoms with E-state index in [0.717, 1.165) is 60.9 Å². The van der Waals surface area contributed by atoms with Crippen molar-refractivity contribution in [2.45, 2.75) is 83.3 Å². The van der Waals surface area contributed by atoms with Crippen molar-refractivity contribution < 1.29 is 9.59 Å². The highest BCUT2D eigenvalue weighted by molar-refractivity contribution is 6.31. The van der Waals surface area contributed by atoms with E-state index >= 15 is 0 Å². The number of carbonyl (C=O) groups excluding carboxylic acids is 2. The summed E-state index contributed by atoms with van der Waals surface area (Å²) in [5.41, 5.74) is 3.96. The summed E-state index contributed by atoms with van der Waals surface area (Å²) in [7, 11) is 0. The predicted octanol–water partition coefficient (Wildman–Crippen LogP) is 7.12. The van der Waals surface area contributed by atoms with E-state index in [1.807, 2.05) is 60.7 Å². The van der Waals surface area contributed by atoms with Gasteiger partial charge in [0.25, 0.3) is 0 Å². The van der Waals surface area contributed by atoms with Gasteiger partial charge in [-0.15, -0.1) is 0 Å². The fourth-order valence-electron chi connectivity index (χ4n) is 6.00. The number of nitrogens with one attached hydrogen (secondary N) is 1. The molecular formula is C35H41ClN4O2. The first-order chi connectivity index (χ1) is 20.6. The van der Waals surface area contributed by atoms with Crippen molar-refractivity contribution in [1.29, 1.82) is 0 Å². The average Bonchev–Trinajstić information content (AvgIpc) is 3.36. The van der Waals surface area contributed by atoms with Crippen LogP contribution < -0.4 is 5.32 Å². The van der Waals surface area contributed by atoms with Gasteiger partial charge >= 0.3 is 0 Å². The van der Waals surface area contributed by atoms with E-state index in [1.165, 1.54) is 24.8 Å². The second-order valence-corrected chi connectivity index (χ2v) is 11.7. The van der Waals surface area contributed by atoms with Crippen LogP contribution in [0.2, 0.25) is 5.02 Å². The highest BCUT2D eigenvalue weighted by atomic mass is 35.5. The Morgan fingerprint density at radius 3 is 2.43 bits per heavy atom. The summed E-state index contributed by atoms with van der Waals surface area (Å²) in [6, 6.07) is 26.2. The minimum atomic E-state index is -0.0126. The second-order valence-electron chi connectivity index (χ2n) is 11.3. The minimum absolute atomic E-state index is 0.0126. The molecule has 0 saturated heterocycles. The van der Waals surface area contributed by atoms with Crippen molar-refractivity contribution >= 4 is 34.4 Å². The van der Waals surface area contributed by atoms with Gasteiger partial charge < -0.3 is 14.8 Å². The van der Waals surface area contributed by atoms with Crippen LogP contribution in [0.15, 0.2) is 78.9 Å². The largest absolute Gasteiger partial charge is 0.356 e. The predicted molar refractivity (Wildman–Crippen MR) is 169 cm³/mol. The summed E-state index contributed by atoms with van der Waals surface area (Å²) in [4.78, 5) is 33.4. The topological polar surface area (TPSA) is 67.2 Å². The molecule has 1 aromatic heterocycles. The van der Waals surface area contributed by atoms with Gasteiger partial charge in [-0.05, 0) is 55.0 Å². The van der Waals surface area contributed by atoms with Crippen LogP contribution in [0, 0.1) is 0 Å². The lowest BCUT2D eigenvalue weighted by Crippen LogP contribution is -2.42. The third-order valence-corrected chi connectivity index (χ3v) is 8.64. The van der Waals surface area contributed by atoms with E-state index in [4.69, 9.17) is 16.6 Å². The Labute approximate surface area is 254 Å². The number of rotatable bonds is 13. The van der Waals surface area contributed by atoms with Crippen molar-refractivity contribution in [3.63, 3.8) is 0 Å². The molecule has 6 nitrogen and oxygen atoms in total. The quantitative estimate of drug-likeness (QED) is 0.170. The van der Waals surface area contributed by atoms with E-state index in [0.29, 0.717) is 31.1 Å². The summed E-state index contributed by atoms with van der Waals surface area (Å²) in [6.45, 7) is 1.58. The molecule has 0 spiro atoms. The first-order valence-corrected chi connectivity index (χ1v) is 15.7. The van der Waals surface area contributed by atoms with Crippen LogP contribution in [0.1, 0.15) is 68.3 Å². The minimum Gasteiger partial charge on any atom is -0.356 e. The molecule has 1 heterocycles. The molecule has 1 saturated carbocycles. The van der Waals surface area contributed by atoms with Crippen LogP contribution in [-0.4, -0.2) is 38.9 Å². The molecule has 4 aromatic rings. The van der Waals surface area contributed by atoms with E-state index in [1.54, 1.807) is 0 Å². The molecule has 1 aliphatic rings. The van der Waals surface area contributed by atoms with Gasteiger partial charge in [-0.2, -0.15) is 0 Å². The smallest absolute Gasteiger partial charge is 0.243 e. The average molecular weight is 585 g/mol. The maximum atomic E-state index is 14.0. The van der Waals surface area contributed by atoms with Gasteiger partial charge in [0.2, 0.25) is 11.8 Å². The number of hydrogen-bond donors (Lipinski definition) is 1. The van der Waals surface area contributed by atoms with Crippen molar-refractivity contribution in [3.05, 3.63) is 101 Å². The van der Waals surface area contributed by atoms with Crippen LogP contribution in [0.25, 0.3) is 11.0 Å². The molecule has 2 amide bonds. The maximum Gasteiger partial charge on any atom is 0.243 e. The summed E-state index contributed by atoms with van der Waals surface area (Å²) < 4.78 is 2.13. The lowest BCUT2D eigenvalue weighted by Gasteiger charge is -2.35. The summed E-state index contributed by atoms with van der Waals surface area (Å²) in [5.74, 6) is 1.11. The number of para-hydroxylation sites is 2. The first kappa shape index (κ1) is 29.8. The third-order valence-electron chi connectivity index (χ3n) is 8.27. The van der Waals surface area contributed by atoms with Crippen LogP contribution in [0.3, 0.4) is 0 Å². The van der Waals surface area contributed by atoms with Crippen LogP contribution in [0.5, 0.6) is 0 Å². The third kappa shape index (κ3) is 8.01. The fourth-order valence-corrected chi connectivity index (χ4v) is 6.20. The number of hydrogen-bond acceptors (Lipinski definition) is 3. The van der Waals surface area contributed by atoms with Crippen molar-refractivity contribution in [2.75, 3.05) is 6.54 Å². The Morgan fingerprint density at radius 2 is 1.62 bits per heavy atom. The molecule has 220 valence electrons. The number of imidazole rings is 1. The Morgan fingerprint density at radius 1 is 0.881 bits per heavy atom. The molecule has 1 aliphatic carbocycles. The number of aromatic nitrogens is 2. The summed E-state index contributed by atoms with van der Waals surface area (Å²) in [6.07, 6.45) is 9.64. The van der Waals surface area contributed by atoms with Crippen molar-refractivity contribution in [3.8, 4) is 0 Å².